The second-order valence-electron chi connectivity index (χ2n) is 11.2. The molecule has 3 fully saturated rings. The predicted molar refractivity (Wildman–Crippen MR) is 123 cm³/mol. The molecule has 0 aromatic heterocycles. The van der Waals surface area contributed by atoms with Crippen molar-refractivity contribution in [2.75, 3.05) is 19.8 Å². The summed E-state index contributed by atoms with van der Waals surface area (Å²) in [5, 5.41) is 40.0. The number of esters is 1. The van der Waals surface area contributed by atoms with Gasteiger partial charge in [-0.2, -0.15) is 0 Å². The molecule has 0 unspecified atom stereocenters. The van der Waals surface area contributed by atoms with Crippen molar-refractivity contribution in [3.63, 3.8) is 0 Å². The third-order valence-corrected chi connectivity index (χ3v) is 9.08. The van der Waals surface area contributed by atoms with Gasteiger partial charge in [-0.15, -0.1) is 0 Å². The summed E-state index contributed by atoms with van der Waals surface area (Å²) < 4.78 is 16.7. The molecule has 2 aliphatic heterocycles. The number of rotatable bonds is 7. The summed E-state index contributed by atoms with van der Waals surface area (Å²) in [7, 11) is 0. The minimum Gasteiger partial charge on any atom is -0.458 e. The lowest BCUT2D eigenvalue weighted by Gasteiger charge is -2.59. The Labute approximate surface area is 201 Å². The fourth-order valence-electron chi connectivity index (χ4n) is 7.17. The van der Waals surface area contributed by atoms with Crippen LogP contribution in [0.1, 0.15) is 58.8 Å². The van der Waals surface area contributed by atoms with Crippen LogP contribution in [-0.2, 0) is 19.0 Å². The number of carbonyl (C=O) groups is 1. The fourth-order valence-corrected chi connectivity index (χ4v) is 7.17. The number of hydrogen-bond donors (Lipinski definition) is 4. The number of hydrogen-bond acceptors (Lipinski definition) is 8. The fraction of sp³-hybridized carbons (Fsp3) is 0.808. The van der Waals surface area contributed by atoms with E-state index in [1.54, 1.807) is 0 Å². The number of carbonyl (C=O) groups excluding carboxylic acids is 1. The molecule has 8 nitrogen and oxygen atoms in total. The van der Waals surface area contributed by atoms with Crippen LogP contribution in [0, 0.1) is 22.7 Å². The molecule has 2 aliphatic carbocycles. The molecule has 0 amide bonds. The molecule has 2 saturated carbocycles. The zero-order chi connectivity index (χ0) is 24.7. The highest BCUT2D eigenvalue weighted by Gasteiger charge is 2.55. The number of aliphatic hydroxyl groups excluding tert-OH is 4. The van der Waals surface area contributed by atoms with Crippen LogP contribution in [0.4, 0.5) is 0 Å². The Balaban J connectivity index is 1.46. The molecule has 4 aliphatic rings. The van der Waals surface area contributed by atoms with Crippen molar-refractivity contribution in [1.29, 1.82) is 0 Å². The standard InChI is InChI=1S/C26H40O8/c1-15-5-8-19-25(2,14-33-24-22(30)21(29)20(28)18(13-27)34-24)10-4-11-26(19,3)17(15)7-6-16-9-12-32-23(16)31/h9,17-22,24,27-30H,1,4-8,10-14H2,2-3H3/t17-,18-,19-,20-,21+,22-,24-,25-,26+/m1/s1. The van der Waals surface area contributed by atoms with E-state index in [4.69, 9.17) is 14.2 Å². The van der Waals surface area contributed by atoms with E-state index in [-0.39, 0.29) is 16.8 Å². The maximum Gasteiger partial charge on any atom is 0.334 e. The van der Waals surface area contributed by atoms with E-state index in [1.165, 1.54) is 5.57 Å². The lowest BCUT2D eigenvalue weighted by Crippen LogP contribution is -2.60. The Hall–Kier alpha value is -1.29. The lowest BCUT2D eigenvalue weighted by atomic mass is 9.47. The number of cyclic esters (lactones) is 1. The van der Waals surface area contributed by atoms with Gasteiger partial charge in [0, 0.05) is 5.57 Å². The van der Waals surface area contributed by atoms with Crippen LogP contribution in [0.5, 0.6) is 0 Å². The number of fused-ring (bicyclic) bond motifs is 1. The first-order valence-electron chi connectivity index (χ1n) is 12.6. The molecule has 34 heavy (non-hydrogen) atoms. The van der Waals surface area contributed by atoms with Crippen molar-refractivity contribution >= 4 is 5.97 Å². The Morgan fingerprint density at radius 3 is 2.62 bits per heavy atom. The first-order valence-corrected chi connectivity index (χ1v) is 12.6. The van der Waals surface area contributed by atoms with Gasteiger partial charge in [-0.1, -0.05) is 32.4 Å². The minimum atomic E-state index is -1.45. The number of aliphatic hydroxyl groups is 4. The molecular weight excluding hydrogens is 440 g/mol. The summed E-state index contributed by atoms with van der Waals surface area (Å²) in [6.07, 6.45) is 2.15. The zero-order valence-electron chi connectivity index (χ0n) is 20.3. The van der Waals surface area contributed by atoms with Gasteiger partial charge in [0.2, 0.25) is 0 Å². The molecule has 0 aromatic carbocycles. The van der Waals surface area contributed by atoms with Gasteiger partial charge in [0.05, 0.1) is 13.2 Å². The van der Waals surface area contributed by atoms with Crippen LogP contribution >= 0.6 is 0 Å². The Bertz CT molecular complexity index is 809. The summed E-state index contributed by atoms with van der Waals surface area (Å²) in [6, 6.07) is 0. The van der Waals surface area contributed by atoms with Crippen molar-refractivity contribution < 1.29 is 39.4 Å². The van der Waals surface area contributed by atoms with Crippen molar-refractivity contribution in [3.05, 3.63) is 23.8 Å². The Morgan fingerprint density at radius 1 is 1.18 bits per heavy atom. The van der Waals surface area contributed by atoms with E-state index in [1.807, 2.05) is 6.08 Å². The van der Waals surface area contributed by atoms with Crippen molar-refractivity contribution in [2.45, 2.75) is 89.5 Å². The van der Waals surface area contributed by atoms with Crippen LogP contribution in [-0.4, -0.2) is 76.9 Å². The zero-order valence-corrected chi connectivity index (χ0v) is 20.3. The first kappa shape index (κ1) is 25.8. The van der Waals surface area contributed by atoms with Gasteiger partial charge in [-0.3, -0.25) is 0 Å². The van der Waals surface area contributed by atoms with Gasteiger partial charge in [-0.05, 0) is 67.3 Å². The summed E-state index contributed by atoms with van der Waals surface area (Å²) in [5.41, 5.74) is 1.87. The number of allylic oxidation sites excluding steroid dienone is 1. The third-order valence-electron chi connectivity index (χ3n) is 9.08. The van der Waals surface area contributed by atoms with Gasteiger partial charge in [0.15, 0.2) is 6.29 Å². The largest absolute Gasteiger partial charge is 0.458 e. The lowest BCUT2D eigenvalue weighted by molar-refractivity contribution is -0.309. The third kappa shape index (κ3) is 4.61. The molecule has 192 valence electrons. The predicted octanol–water partition coefficient (Wildman–Crippen LogP) is 1.85. The van der Waals surface area contributed by atoms with E-state index < -0.39 is 37.3 Å². The SMILES string of the molecule is C=C1CC[C@@H]2[C@@](C)(CO[C@@H]3O[C@H](CO)[C@@H](O)[C@H](O)[C@H]3O)CCC[C@@]2(C)[C@@H]1CCC1=CCOC1=O. The number of ether oxygens (including phenoxy) is 3. The molecule has 0 aromatic rings. The Morgan fingerprint density at radius 2 is 1.94 bits per heavy atom. The molecule has 0 radical (unpaired) electrons. The second-order valence-corrected chi connectivity index (χ2v) is 11.2. The molecule has 8 heteroatoms. The molecule has 2 heterocycles. The monoisotopic (exact) mass is 480 g/mol. The van der Waals surface area contributed by atoms with Crippen LogP contribution in [0.2, 0.25) is 0 Å². The highest BCUT2D eigenvalue weighted by atomic mass is 16.7. The van der Waals surface area contributed by atoms with E-state index in [2.05, 4.69) is 20.4 Å². The van der Waals surface area contributed by atoms with E-state index in [0.29, 0.717) is 31.5 Å². The van der Waals surface area contributed by atoms with Crippen LogP contribution < -0.4 is 0 Å². The van der Waals surface area contributed by atoms with Gasteiger partial charge >= 0.3 is 5.97 Å². The van der Waals surface area contributed by atoms with Gasteiger partial charge < -0.3 is 34.6 Å². The summed E-state index contributed by atoms with van der Waals surface area (Å²) in [4.78, 5) is 11.9. The smallest absolute Gasteiger partial charge is 0.334 e. The molecule has 0 spiro atoms. The molecular formula is C26H40O8. The molecule has 4 N–H and O–H groups in total. The second kappa shape index (κ2) is 9.99. The minimum absolute atomic E-state index is 0.0180. The molecule has 9 atom stereocenters. The summed E-state index contributed by atoms with van der Waals surface area (Å²) in [5.74, 6) is 0.454. The van der Waals surface area contributed by atoms with E-state index >= 15 is 0 Å². The summed E-state index contributed by atoms with van der Waals surface area (Å²) in [6.45, 7) is 9.21. The highest BCUT2D eigenvalue weighted by molar-refractivity contribution is 5.90. The van der Waals surface area contributed by atoms with Crippen LogP contribution in [0.25, 0.3) is 0 Å². The normalized spacial score (nSPS) is 45.0. The molecule has 1 saturated heterocycles. The highest BCUT2D eigenvalue weighted by Crippen LogP contribution is 2.62. The summed E-state index contributed by atoms with van der Waals surface area (Å²) >= 11 is 0. The van der Waals surface area contributed by atoms with E-state index in [0.717, 1.165) is 44.1 Å². The van der Waals surface area contributed by atoms with Crippen molar-refractivity contribution in [3.8, 4) is 0 Å². The maximum atomic E-state index is 11.9. The van der Waals surface area contributed by atoms with Gasteiger partial charge in [0.1, 0.15) is 31.0 Å². The van der Waals surface area contributed by atoms with Crippen LogP contribution in [0.3, 0.4) is 0 Å². The molecule has 4 rings (SSSR count). The van der Waals surface area contributed by atoms with Crippen LogP contribution in [0.15, 0.2) is 23.8 Å². The topological polar surface area (TPSA) is 126 Å². The quantitative estimate of drug-likeness (QED) is 0.321. The average Bonchev–Trinajstić information content (AvgIpc) is 3.21. The van der Waals surface area contributed by atoms with Gasteiger partial charge in [0.25, 0.3) is 0 Å². The Kier molecular flexibility index (Phi) is 7.58. The molecule has 0 bridgehead atoms. The first-order chi connectivity index (χ1) is 16.1. The van der Waals surface area contributed by atoms with Crippen molar-refractivity contribution in [2.24, 2.45) is 22.7 Å². The van der Waals surface area contributed by atoms with Gasteiger partial charge in [-0.25, -0.2) is 4.79 Å². The van der Waals surface area contributed by atoms with Crippen molar-refractivity contribution in [1.82, 2.24) is 0 Å². The van der Waals surface area contributed by atoms with E-state index in [9.17, 15) is 25.2 Å². The maximum absolute atomic E-state index is 11.9. The average molecular weight is 481 g/mol.